The van der Waals surface area contributed by atoms with Gasteiger partial charge in [-0.05, 0) is 19.9 Å². The minimum Gasteiger partial charge on any atom is -0.349 e. The van der Waals surface area contributed by atoms with Crippen molar-refractivity contribution in [3.05, 3.63) is 24.9 Å². The first kappa shape index (κ1) is 11.4. The first-order chi connectivity index (χ1) is 5.97. The Morgan fingerprint density at radius 2 is 1.92 bits per heavy atom. The Bertz CT molecular complexity index is 244. The molecule has 0 spiro atoms. The van der Waals surface area contributed by atoms with Gasteiger partial charge >= 0.3 is 0 Å². The van der Waals surface area contributed by atoms with Gasteiger partial charge in [0, 0.05) is 6.04 Å². The van der Waals surface area contributed by atoms with Crippen LogP contribution >= 0.6 is 0 Å². The SMILES string of the molecule is C=CC(=O)NC(=C)C(=O)NC(C)C. The molecule has 0 radical (unpaired) electrons. The molecule has 2 amide bonds. The van der Waals surface area contributed by atoms with Crippen molar-refractivity contribution in [1.82, 2.24) is 10.6 Å². The van der Waals surface area contributed by atoms with E-state index in [4.69, 9.17) is 0 Å². The summed E-state index contributed by atoms with van der Waals surface area (Å²) in [6, 6.07) is 0.0184. The van der Waals surface area contributed by atoms with Gasteiger partial charge in [-0.15, -0.1) is 0 Å². The molecule has 13 heavy (non-hydrogen) atoms. The summed E-state index contributed by atoms with van der Waals surface area (Å²) >= 11 is 0. The number of rotatable bonds is 4. The van der Waals surface area contributed by atoms with Crippen molar-refractivity contribution in [2.24, 2.45) is 0 Å². The molecule has 0 aliphatic rings. The van der Waals surface area contributed by atoms with Crippen LogP contribution in [0, 0.1) is 0 Å². The third kappa shape index (κ3) is 4.79. The van der Waals surface area contributed by atoms with Gasteiger partial charge in [-0.25, -0.2) is 0 Å². The van der Waals surface area contributed by atoms with Gasteiger partial charge in [-0.2, -0.15) is 0 Å². The predicted molar refractivity (Wildman–Crippen MR) is 50.8 cm³/mol. The number of carbonyl (C=O) groups is 2. The minimum absolute atomic E-state index is 0.0184. The lowest BCUT2D eigenvalue weighted by molar-refractivity contribution is -0.121. The predicted octanol–water partition coefficient (Wildman–Crippen LogP) is 0.327. The fourth-order valence-corrected chi connectivity index (χ4v) is 0.606. The molecule has 2 N–H and O–H groups in total. The number of hydrogen-bond donors (Lipinski definition) is 2. The lowest BCUT2D eigenvalue weighted by atomic mass is 10.3. The molecule has 0 aromatic carbocycles. The van der Waals surface area contributed by atoms with Gasteiger partial charge in [0.25, 0.3) is 5.91 Å². The summed E-state index contributed by atoms with van der Waals surface area (Å²) in [6.07, 6.45) is 1.08. The Morgan fingerprint density at radius 3 is 2.31 bits per heavy atom. The molecule has 0 aromatic rings. The summed E-state index contributed by atoms with van der Waals surface area (Å²) in [7, 11) is 0. The Morgan fingerprint density at radius 1 is 1.38 bits per heavy atom. The molecule has 0 heterocycles. The van der Waals surface area contributed by atoms with E-state index < -0.39 is 5.91 Å². The van der Waals surface area contributed by atoms with E-state index >= 15 is 0 Å². The van der Waals surface area contributed by atoms with Crippen LogP contribution in [0.15, 0.2) is 24.9 Å². The second-order valence-electron chi connectivity index (χ2n) is 2.80. The third-order valence-corrected chi connectivity index (χ3v) is 1.15. The van der Waals surface area contributed by atoms with Crippen molar-refractivity contribution in [1.29, 1.82) is 0 Å². The van der Waals surface area contributed by atoms with Crippen molar-refractivity contribution in [2.45, 2.75) is 19.9 Å². The molecule has 4 nitrogen and oxygen atoms in total. The molecule has 0 rings (SSSR count). The first-order valence-corrected chi connectivity index (χ1v) is 3.90. The molecule has 0 aliphatic heterocycles. The fraction of sp³-hybridized carbons (Fsp3) is 0.333. The highest BCUT2D eigenvalue weighted by atomic mass is 16.2. The van der Waals surface area contributed by atoms with Gasteiger partial charge in [0.15, 0.2) is 0 Å². The highest BCUT2D eigenvalue weighted by Crippen LogP contribution is 1.87. The Kier molecular flexibility index (Phi) is 4.51. The topological polar surface area (TPSA) is 58.2 Å². The minimum atomic E-state index is -0.441. The maximum absolute atomic E-state index is 11.1. The molecule has 0 unspecified atom stereocenters. The molecule has 0 atom stereocenters. The monoisotopic (exact) mass is 182 g/mol. The van der Waals surface area contributed by atoms with Crippen LogP contribution in [0.3, 0.4) is 0 Å². The van der Waals surface area contributed by atoms with Gasteiger partial charge in [0.05, 0.1) is 5.70 Å². The average molecular weight is 182 g/mol. The van der Waals surface area contributed by atoms with Crippen molar-refractivity contribution in [3.63, 3.8) is 0 Å². The summed E-state index contributed by atoms with van der Waals surface area (Å²) in [6.45, 7) is 10.3. The zero-order valence-electron chi connectivity index (χ0n) is 7.89. The van der Waals surface area contributed by atoms with Crippen molar-refractivity contribution < 1.29 is 9.59 Å². The first-order valence-electron chi connectivity index (χ1n) is 3.90. The van der Waals surface area contributed by atoms with Crippen LogP contribution in [0.5, 0.6) is 0 Å². The van der Waals surface area contributed by atoms with E-state index in [0.29, 0.717) is 0 Å². The number of amides is 2. The highest BCUT2D eigenvalue weighted by molar-refractivity contribution is 5.99. The summed E-state index contributed by atoms with van der Waals surface area (Å²) in [5.41, 5.74) is 0.0265. The van der Waals surface area contributed by atoms with Crippen LogP contribution in [0.2, 0.25) is 0 Å². The van der Waals surface area contributed by atoms with Gasteiger partial charge in [0.2, 0.25) is 5.91 Å². The molecular weight excluding hydrogens is 168 g/mol. The summed E-state index contributed by atoms with van der Waals surface area (Å²) in [4.78, 5) is 21.9. The van der Waals surface area contributed by atoms with Crippen LogP contribution in [0.4, 0.5) is 0 Å². The lowest BCUT2D eigenvalue weighted by Crippen LogP contribution is -2.37. The second-order valence-corrected chi connectivity index (χ2v) is 2.80. The lowest BCUT2D eigenvalue weighted by Gasteiger charge is -2.09. The Balaban J connectivity index is 4.04. The fourth-order valence-electron chi connectivity index (χ4n) is 0.606. The molecule has 0 aliphatic carbocycles. The molecule has 0 fully saturated rings. The van der Waals surface area contributed by atoms with E-state index in [-0.39, 0.29) is 17.6 Å². The van der Waals surface area contributed by atoms with Crippen LogP contribution in [0.25, 0.3) is 0 Å². The Hall–Kier alpha value is -1.58. The maximum Gasteiger partial charge on any atom is 0.267 e. The second kappa shape index (κ2) is 5.13. The largest absolute Gasteiger partial charge is 0.349 e. The van der Waals surface area contributed by atoms with Crippen LogP contribution < -0.4 is 10.6 Å². The van der Waals surface area contributed by atoms with E-state index in [1.807, 2.05) is 13.8 Å². The van der Waals surface area contributed by atoms with Crippen molar-refractivity contribution in [2.75, 3.05) is 0 Å². The number of carbonyl (C=O) groups excluding carboxylic acids is 2. The van der Waals surface area contributed by atoms with Gasteiger partial charge in [0.1, 0.15) is 0 Å². The number of nitrogens with one attached hydrogen (secondary N) is 2. The molecule has 0 saturated carbocycles. The van der Waals surface area contributed by atoms with E-state index in [9.17, 15) is 9.59 Å². The molecule has 72 valence electrons. The van der Waals surface area contributed by atoms with E-state index in [0.717, 1.165) is 6.08 Å². The van der Waals surface area contributed by atoms with E-state index in [1.54, 1.807) is 0 Å². The zero-order valence-corrected chi connectivity index (χ0v) is 7.89. The van der Waals surface area contributed by atoms with E-state index in [1.165, 1.54) is 0 Å². The maximum atomic E-state index is 11.1. The number of hydrogen-bond acceptors (Lipinski definition) is 2. The summed E-state index contributed by atoms with van der Waals surface area (Å²) < 4.78 is 0. The normalized spacial score (nSPS) is 9.15. The highest BCUT2D eigenvalue weighted by Gasteiger charge is 2.08. The third-order valence-electron chi connectivity index (χ3n) is 1.15. The zero-order chi connectivity index (χ0) is 10.4. The van der Waals surface area contributed by atoms with Gasteiger partial charge in [-0.1, -0.05) is 13.2 Å². The average Bonchev–Trinajstić information content (AvgIpc) is 2.02. The Labute approximate surface area is 77.7 Å². The standard InChI is InChI=1S/C9H14N2O2/c1-5-8(12)11-7(4)9(13)10-6(2)3/h5-6H,1,4H2,2-3H3,(H,10,13)(H,11,12). The van der Waals surface area contributed by atoms with Crippen molar-refractivity contribution in [3.8, 4) is 0 Å². The van der Waals surface area contributed by atoms with Gasteiger partial charge in [-0.3, -0.25) is 9.59 Å². The molecule has 0 bridgehead atoms. The van der Waals surface area contributed by atoms with E-state index in [2.05, 4.69) is 23.8 Å². The molecule has 0 aromatic heterocycles. The summed E-state index contributed by atoms with van der Waals surface area (Å²) in [5.74, 6) is -0.825. The van der Waals surface area contributed by atoms with Gasteiger partial charge < -0.3 is 10.6 Å². The van der Waals surface area contributed by atoms with Crippen LogP contribution in [-0.2, 0) is 9.59 Å². The van der Waals surface area contributed by atoms with Crippen molar-refractivity contribution >= 4 is 11.8 Å². The van der Waals surface area contributed by atoms with Crippen LogP contribution in [0.1, 0.15) is 13.8 Å². The molecule has 4 heteroatoms. The molecule has 0 saturated heterocycles. The van der Waals surface area contributed by atoms with Crippen LogP contribution in [-0.4, -0.2) is 17.9 Å². The summed E-state index contributed by atoms with van der Waals surface area (Å²) in [5, 5.41) is 4.86. The smallest absolute Gasteiger partial charge is 0.267 e. The molecular formula is C9H14N2O2. The quantitative estimate of drug-likeness (QED) is 0.615.